The zero-order chi connectivity index (χ0) is 7.72. The van der Waals surface area contributed by atoms with Crippen LogP contribution < -0.4 is 0 Å². The van der Waals surface area contributed by atoms with Gasteiger partial charge in [-0.2, -0.15) is 4.39 Å². The van der Waals surface area contributed by atoms with Crippen LogP contribution in [-0.4, -0.2) is 9.97 Å². The number of rotatable bonds is 0. The molecule has 0 unspecified atom stereocenters. The van der Waals surface area contributed by atoms with Crippen molar-refractivity contribution < 1.29 is 4.39 Å². The molecule has 10 heavy (non-hydrogen) atoms. The Labute approximate surface area is 97.8 Å². The third kappa shape index (κ3) is 2.09. The molecular formula is C4FI3N2. The summed E-state index contributed by atoms with van der Waals surface area (Å²) in [6.07, 6.45) is 0. The molecule has 1 aromatic heterocycles. The van der Waals surface area contributed by atoms with Crippen LogP contribution in [0.25, 0.3) is 0 Å². The van der Waals surface area contributed by atoms with Gasteiger partial charge in [0.2, 0.25) is 5.95 Å². The van der Waals surface area contributed by atoms with Crippen LogP contribution in [0, 0.1) is 17.0 Å². The summed E-state index contributed by atoms with van der Waals surface area (Å²) in [6, 6.07) is 0. The molecule has 0 bridgehead atoms. The first kappa shape index (κ1) is 9.29. The summed E-state index contributed by atoms with van der Waals surface area (Å²) >= 11 is 5.77. The Kier molecular flexibility index (Phi) is 3.47. The van der Waals surface area contributed by atoms with Crippen LogP contribution in [0.3, 0.4) is 0 Å². The molecule has 0 spiro atoms. The fourth-order valence-electron chi connectivity index (χ4n) is 0.357. The van der Waals surface area contributed by atoms with Gasteiger partial charge in [-0.15, -0.1) is 0 Å². The lowest BCUT2D eigenvalue weighted by molar-refractivity contribution is 0.561. The Hall–Kier alpha value is 1.20. The van der Waals surface area contributed by atoms with Gasteiger partial charge in [-0.1, -0.05) is 0 Å². The second-order valence-electron chi connectivity index (χ2n) is 1.39. The quantitative estimate of drug-likeness (QED) is 0.539. The van der Waals surface area contributed by atoms with E-state index in [0.29, 0.717) is 7.40 Å². The summed E-state index contributed by atoms with van der Waals surface area (Å²) in [4.78, 5) is 7.52. The van der Waals surface area contributed by atoms with Crippen LogP contribution >= 0.6 is 67.8 Å². The zero-order valence-corrected chi connectivity index (χ0v) is 10.9. The smallest absolute Gasteiger partial charge is 0.228 e. The molecule has 1 heterocycles. The largest absolute Gasteiger partial charge is 0.246 e. The standard InChI is InChI=1S/C4FI3N2/c5-1-2(6)10-4(8)3(7)9-1. The molecule has 0 saturated heterocycles. The maximum Gasteiger partial charge on any atom is 0.246 e. The lowest BCUT2D eigenvalue weighted by atomic mass is 10.7. The van der Waals surface area contributed by atoms with Crippen LogP contribution in [0.1, 0.15) is 0 Å². The summed E-state index contributed by atoms with van der Waals surface area (Å²) in [5, 5.41) is 0. The van der Waals surface area contributed by atoms with Gasteiger partial charge in [0.1, 0.15) is 7.40 Å². The minimum atomic E-state index is -0.495. The number of hydrogen-bond acceptors (Lipinski definition) is 2. The first-order valence-corrected chi connectivity index (χ1v) is 5.39. The van der Waals surface area contributed by atoms with E-state index < -0.39 is 5.95 Å². The molecule has 0 saturated carbocycles. The molecule has 1 rings (SSSR count). The van der Waals surface area contributed by atoms with E-state index in [4.69, 9.17) is 0 Å². The Balaban J connectivity index is 3.28. The molecule has 0 radical (unpaired) electrons. The molecule has 0 aliphatic carbocycles. The van der Waals surface area contributed by atoms with Gasteiger partial charge in [-0.25, -0.2) is 9.97 Å². The second-order valence-corrected chi connectivity index (χ2v) is 4.45. The monoisotopic (exact) mass is 476 g/mol. The van der Waals surface area contributed by atoms with Gasteiger partial charge in [-0.3, -0.25) is 0 Å². The van der Waals surface area contributed by atoms with E-state index in [1.54, 1.807) is 0 Å². The predicted molar refractivity (Wildman–Crippen MR) is 60.1 cm³/mol. The minimum absolute atomic E-state index is 0.322. The summed E-state index contributed by atoms with van der Waals surface area (Å²) in [7, 11) is 0. The first-order chi connectivity index (χ1) is 4.61. The summed E-state index contributed by atoms with van der Waals surface area (Å²) in [5.74, 6) is -0.495. The fraction of sp³-hybridized carbons (Fsp3) is 0. The molecule has 2 nitrogen and oxygen atoms in total. The minimum Gasteiger partial charge on any atom is -0.228 e. The van der Waals surface area contributed by atoms with Crippen molar-refractivity contribution in [2.24, 2.45) is 0 Å². The Morgan fingerprint density at radius 1 is 0.900 bits per heavy atom. The average Bonchev–Trinajstić information content (AvgIpc) is 1.84. The van der Waals surface area contributed by atoms with Crippen LogP contribution in [0.15, 0.2) is 0 Å². The van der Waals surface area contributed by atoms with Crippen molar-refractivity contribution in [2.45, 2.75) is 0 Å². The molecule has 0 fully saturated rings. The van der Waals surface area contributed by atoms with E-state index in [-0.39, 0.29) is 0 Å². The molecule has 0 N–H and O–H groups in total. The lowest BCUT2D eigenvalue weighted by Gasteiger charge is -1.95. The van der Waals surface area contributed by atoms with Gasteiger partial charge in [0, 0.05) is 0 Å². The van der Waals surface area contributed by atoms with E-state index in [2.05, 4.69) is 9.97 Å². The average molecular weight is 476 g/mol. The van der Waals surface area contributed by atoms with Gasteiger partial charge < -0.3 is 0 Å². The van der Waals surface area contributed by atoms with Crippen molar-refractivity contribution >= 4 is 67.8 Å². The third-order valence-corrected chi connectivity index (χ3v) is 3.96. The number of halogens is 4. The van der Waals surface area contributed by atoms with E-state index in [1.165, 1.54) is 0 Å². The Morgan fingerprint density at radius 2 is 1.40 bits per heavy atom. The normalized spacial score (nSPS) is 10.0. The summed E-state index contributed by atoms with van der Waals surface area (Å²) < 4.78 is 14.2. The van der Waals surface area contributed by atoms with Crippen LogP contribution in [0.5, 0.6) is 0 Å². The maximum atomic E-state index is 12.6. The van der Waals surface area contributed by atoms with Crippen molar-refractivity contribution in [1.82, 2.24) is 9.97 Å². The predicted octanol–water partition coefficient (Wildman–Crippen LogP) is 2.43. The van der Waals surface area contributed by atoms with Crippen molar-refractivity contribution in [1.29, 1.82) is 0 Å². The SMILES string of the molecule is Fc1nc(I)c(I)nc1I. The van der Waals surface area contributed by atoms with Crippen LogP contribution in [0.4, 0.5) is 4.39 Å². The molecule has 0 aliphatic heterocycles. The van der Waals surface area contributed by atoms with Crippen LogP contribution in [0.2, 0.25) is 0 Å². The maximum absolute atomic E-state index is 12.6. The van der Waals surface area contributed by atoms with E-state index in [9.17, 15) is 4.39 Å². The number of aromatic nitrogens is 2. The van der Waals surface area contributed by atoms with Gasteiger partial charge in [0.05, 0.1) is 0 Å². The highest BCUT2D eigenvalue weighted by molar-refractivity contribution is 14.1. The molecule has 1 aromatic rings. The van der Waals surface area contributed by atoms with Gasteiger partial charge in [0.15, 0.2) is 3.70 Å². The van der Waals surface area contributed by atoms with Crippen LogP contribution in [-0.2, 0) is 0 Å². The number of nitrogens with zero attached hydrogens (tertiary/aromatic N) is 2. The Morgan fingerprint density at radius 3 is 1.90 bits per heavy atom. The molecule has 54 valence electrons. The molecule has 0 aromatic carbocycles. The zero-order valence-electron chi connectivity index (χ0n) is 4.41. The molecule has 0 atom stereocenters. The summed E-state index contributed by atoms with van der Waals surface area (Å²) in [5.41, 5.74) is 0. The Bertz CT molecular complexity index is 215. The highest BCUT2D eigenvalue weighted by Gasteiger charge is 2.05. The second kappa shape index (κ2) is 3.74. The fourth-order valence-corrected chi connectivity index (χ4v) is 1.87. The molecular weight excluding hydrogens is 476 g/mol. The number of hydrogen-bond donors (Lipinski definition) is 0. The van der Waals surface area contributed by atoms with E-state index in [1.807, 2.05) is 67.8 Å². The van der Waals surface area contributed by atoms with Crippen molar-refractivity contribution in [3.63, 3.8) is 0 Å². The molecule has 0 amide bonds. The van der Waals surface area contributed by atoms with Gasteiger partial charge in [-0.05, 0) is 67.8 Å². The van der Waals surface area contributed by atoms with Crippen molar-refractivity contribution in [2.75, 3.05) is 0 Å². The topological polar surface area (TPSA) is 25.8 Å². The first-order valence-electron chi connectivity index (χ1n) is 2.15. The van der Waals surface area contributed by atoms with E-state index >= 15 is 0 Å². The van der Waals surface area contributed by atoms with Gasteiger partial charge >= 0.3 is 0 Å². The highest BCUT2D eigenvalue weighted by Crippen LogP contribution is 2.13. The third-order valence-electron chi connectivity index (χ3n) is 0.733. The van der Waals surface area contributed by atoms with Crippen molar-refractivity contribution in [3.8, 4) is 0 Å². The summed E-state index contributed by atoms with van der Waals surface area (Å²) in [6.45, 7) is 0. The molecule has 6 heteroatoms. The lowest BCUT2D eigenvalue weighted by Crippen LogP contribution is -1.98. The van der Waals surface area contributed by atoms with Gasteiger partial charge in [0.25, 0.3) is 0 Å². The highest BCUT2D eigenvalue weighted by atomic mass is 127. The van der Waals surface area contributed by atoms with Crippen molar-refractivity contribution in [3.05, 3.63) is 17.0 Å². The van der Waals surface area contributed by atoms with E-state index in [0.717, 1.165) is 3.70 Å². The molecule has 0 aliphatic rings.